The fourth-order valence-corrected chi connectivity index (χ4v) is 8.59. The van der Waals surface area contributed by atoms with Crippen LogP contribution in [0.1, 0.15) is 36.0 Å². The summed E-state index contributed by atoms with van der Waals surface area (Å²) in [6, 6.07) is 4.65. The summed E-state index contributed by atoms with van der Waals surface area (Å²) in [6.07, 6.45) is 1.82. The summed E-state index contributed by atoms with van der Waals surface area (Å²) in [5.74, 6) is -6.63. The molecule has 1 amide bonds. The first kappa shape index (κ1) is 27.8. The lowest BCUT2D eigenvalue weighted by Crippen LogP contribution is -2.48. The number of rotatable bonds is 7. The van der Waals surface area contributed by atoms with Crippen LogP contribution in [0.2, 0.25) is 5.02 Å². The standard InChI is InChI=1S/C23H23ClF3NO7S2/c1-36(31,32)35-11-23(30)9-13-2-3-14(10-23)21(13)37(33,34)19-6-12(4-5-16(19)24)22(29)28-15-7-17(25)20(27)18(26)8-15/h4-8,13-14,21,30H,2-3,9-11H2,1H3,(H,28,29)/t13-,14?,21+,23+/m0/s1. The summed E-state index contributed by atoms with van der Waals surface area (Å²) < 4.78 is 95.1. The topological polar surface area (TPSA) is 127 Å². The van der Waals surface area contributed by atoms with Gasteiger partial charge in [-0.1, -0.05) is 11.6 Å². The molecule has 8 nitrogen and oxygen atoms in total. The van der Waals surface area contributed by atoms with Gasteiger partial charge in [0.25, 0.3) is 16.0 Å². The van der Waals surface area contributed by atoms with Gasteiger partial charge in [0.05, 0.1) is 33.6 Å². The van der Waals surface area contributed by atoms with Crippen molar-refractivity contribution in [2.75, 3.05) is 18.2 Å². The maximum absolute atomic E-state index is 13.7. The number of carbonyl (C=O) groups is 1. The lowest BCUT2D eigenvalue weighted by atomic mass is 9.77. The molecule has 2 N–H and O–H groups in total. The predicted molar refractivity (Wildman–Crippen MR) is 128 cm³/mol. The molecule has 2 saturated carbocycles. The first-order chi connectivity index (χ1) is 17.1. The van der Waals surface area contributed by atoms with E-state index in [0.717, 1.165) is 12.3 Å². The quantitative estimate of drug-likeness (QED) is 0.377. The lowest BCUT2D eigenvalue weighted by molar-refractivity contribution is -0.0507. The molecule has 0 aliphatic heterocycles. The molecule has 2 fully saturated rings. The van der Waals surface area contributed by atoms with Crippen LogP contribution in [0.3, 0.4) is 0 Å². The molecule has 1 unspecified atom stereocenters. The SMILES string of the molecule is CS(=O)(=O)OC[C@]1(O)CC2CC[C@@H](C1)[C@H]2S(=O)(=O)c1cc(C(=O)Nc2cc(F)c(F)c(F)c2)ccc1Cl. The Morgan fingerprint density at radius 2 is 1.65 bits per heavy atom. The van der Waals surface area contributed by atoms with Crippen LogP contribution >= 0.6 is 11.6 Å². The van der Waals surface area contributed by atoms with Crippen LogP contribution in [0.25, 0.3) is 0 Å². The van der Waals surface area contributed by atoms with Gasteiger partial charge in [0.1, 0.15) is 0 Å². The van der Waals surface area contributed by atoms with Crippen LogP contribution in [0.5, 0.6) is 0 Å². The number of anilines is 1. The predicted octanol–water partition coefficient (Wildman–Crippen LogP) is 3.68. The third kappa shape index (κ3) is 5.80. The molecule has 14 heteroatoms. The van der Waals surface area contributed by atoms with E-state index >= 15 is 0 Å². The second kappa shape index (κ2) is 9.84. The van der Waals surface area contributed by atoms with Crippen molar-refractivity contribution in [3.05, 3.63) is 58.4 Å². The van der Waals surface area contributed by atoms with Crippen LogP contribution in [0.15, 0.2) is 35.2 Å². The average molecular weight is 582 g/mol. The molecule has 202 valence electrons. The van der Waals surface area contributed by atoms with Gasteiger partial charge < -0.3 is 10.4 Å². The minimum Gasteiger partial charge on any atom is -0.387 e. The van der Waals surface area contributed by atoms with E-state index < -0.39 is 72.6 Å². The van der Waals surface area contributed by atoms with Gasteiger partial charge in [0.2, 0.25) is 0 Å². The highest BCUT2D eigenvalue weighted by atomic mass is 35.5. The fraction of sp³-hybridized carbons (Fsp3) is 0.435. The molecule has 2 aliphatic carbocycles. The van der Waals surface area contributed by atoms with Gasteiger partial charge in [-0.3, -0.25) is 8.98 Å². The number of halogens is 4. The van der Waals surface area contributed by atoms with Gasteiger partial charge in [0.15, 0.2) is 27.3 Å². The van der Waals surface area contributed by atoms with Crippen molar-refractivity contribution < 1.29 is 44.1 Å². The van der Waals surface area contributed by atoms with Crippen molar-refractivity contribution in [2.45, 2.75) is 41.4 Å². The number of aliphatic hydroxyl groups is 1. The zero-order valence-corrected chi connectivity index (χ0v) is 21.8. The molecule has 4 rings (SSSR count). The van der Waals surface area contributed by atoms with Crippen LogP contribution in [0.4, 0.5) is 18.9 Å². The van der Waals surface area contributed by atoms with Crippen molar-refractivity contribution in [3.63, 3.8) is 0 Å². The minimum absolute atomic E-state index is 0.00239. The maximum atomic E-state index is 13.7. The molecule has 0 spiro atoms. The summed E-state index contributed by atoms with van der Waals surface area (Å²) >= 11 is 6.21. The Morgan fingerprint density at radius 1 is 1.08 bits per heavy atom. The molecule has 2 aromatic rings. The number of benzene rings is 2. The summed E-state index contributed by atoms with van der Waals surface area (Å²) in [5, 5.41) is 12.0. The number of sulfone groups is 1. The maximum Gasteiger partial charge on any atom is 0.264 e. The van der Waals surface area contributed by atoms with Gasteiger partial charge in [-0.05, 0) is 55.7 Å². The van der Waals surface area contributed by atoms with Crippen LogP contribution in [-0.4, -0.2) is 51.6 Å². The first-order valence-electron chi connectivity index (χ1n) is 11.2. The highest BCUT2D eigenvalue weighted by Crippen LogP contribution is 2.51. The zero-order valence-electron chi connectivity index (χ0n) is 19.4. The number of hydrogen-bond donors (Lipinski definition) is 2. The van der Waals surface area contributed by atoms with E-state index in [9.17, 15) is 39.9 Å². The number of fused-ring (bicyclic) bond motifs is 2. The van der Waals surface area contributed by atoms with E-state index in [-0.39, 0.29) is 34.0 Å². The highest BCUT2D eigenvalue weighted by molar-refractivity contribution is 7.92. The summed E-state index contributed by atoms with van der Waals surface area (Å²) in [7, 11) is -7.92. The summed E-state index contributed by atoms with van der Waals surface area (Å²) in [4.78, 5) is 12.4. The van der Waals surface area contributed by atoms with Crippen molar-refractivity contribution in [3.8, 4) is 0 Å². The molecule has 2 bridgehead atoms. The lowest BCUT2D eigenvalue weighted by Gasteiger charge is -2.40. The zero-order chi connectivity index (χ0) is 27.3. The monoisotopic (exact) mass is 581 g/mol. The van der Waals surface area contributed by atoms with E-state index in [1.165, 1.54) is 12.1 Å². The Morgan fingerprint density at radius 3 is 2.19 bits per heavy atom. The Bertz CT molecular complexity index is 1430. The first-order valence-corrected chi connectivity index (χ1v) is 14.9. The summed E-state index contributed by atoms with van der Waals surface area (Å²) in [6.45, 7) is -0.480. The Hall–Kier alpha value is -2.19. The molecule has 0 heterocycles. The normalized spacial score (nSPS) is 25.7. The number of carbonyl (C=O) groups excluding carboxylic acids is 1. The van der Waals surface area contributed by atoms with E-state index in [1.807, 2.05) is 0 Å². The summed E-state index contributed by atoms with van der Waals surface area (Å²) in [5.41, 5.74) is -2.05. The molecule has 0 aromatic heterocycles. The Balaban J connectivity index is 1.58. The molecule has 2 aromatic carbocycles. The Labute approximate surface area is 216 Å². The second-order valence-corrected chi connectivity index (χ2v) is 13.7. The van der Waals surface area contributed by atoms with E-state index in [0.29, 0.717) is 25.0 Å². The molecular formula is C23H23ClF3NO7S2. The molecular weight excluding hydrogens is 559 g/mol. The number of hydrogen-bond acceptors (Lipinski definition) is 7. The van der Waals surface area contributed by atoms with Crippen molar-refractivity contribution in [1.29, 1.82) is 0 Å². The third-order valence-electron chi connectivity index (χ3n) is 6.76. The van der Waals surface area contributed by atoms with Crippen LogP contribution in [0, 0.1) is 29.3 Å². The van der Waals surface area contributed by atoms with Gasteiger partial charge in [-0.15, -0.1) is 0 Å². The van der Waals surface area contributed by atoms with E-state index in [4.69, 9.17) is 15.8 Å². The van der Waals surface area contributed by atoms with Gasteiger partial charge in [-0.2, -0.15) is 8.42 Å². The van der Waals surface area contributed by atoms with Gasteiger partial charge >= 0.3 is 0 Å². The average Bonchev–Trinajstić information content (AvgIpc) is 3.09. The fourth-order valence-electron chi connectivity index (χ4n) is 5.32. The smallest absolute Gasteiger partial charge is 0.264 e. The van der Waals surface area contributed by atoms with Crippen molar-refractivity contribution in [1.82, 2.24) is 0 Å². The van der Waals surface area contributed by atoms with Crippen molar-refractivity contribution >= 4 is 43.2 Å². The van der Waals surface area contributed by atoms with E-state index in [1.54, 1.807) is 0 Å². The highest BCUT2D eigenvalue weighted by Gasteiger charge is 2.54. The second-order valence-electron chi connectivity index (χ2n) is 9.56. The minimum atomic E-state index is -4.12. The number of nitrogens with one attached hydrogen (secondary N) is 1. The number of amides is 1. The third-order valence-corrected chi connectivity index (χ3v) is 10.2. The largest absolute Gasteiger partial charge is 0.387 e. The van der Waals surface area contributed by atoms with E-state index in [2.05, 4.69) is 5.32 Å². The molecule has 2 aliphatic rings. The molecule has 4 atom stereocenters. The van der Waals surface area contributed by atoms with Crippen molar-refractivity contribution in [2.24, 2.45) is 11.8 Å². The van der Waals surface area contributed by atoms with Gasteiger partial charge in [-0.25, -0.2) is 21.6 Å². The molecule has 0 saturated heterocycles. The molecule has 37 heavy (non-hydrogen) atoms. The Kier molecular flexibility index (Phi) is 7.40. The van der Waals surface area contributed by atoms with Crippen LogP contribution < -0.4 is 5.32 Å². The molecule has 0 radical (unpaired) electrons. The van der Waals surface area contributed by atoms with Gasteiger partial charge in [0, 0.05) is 23.4 Å². The van der Waals surface area contributed by atoms with Crippen LogP contribution in [-0.2, 0) is 24.1 Å².